The second-order valence-corrected chi connectivity index (χ2v) is 4.93. The van der Waals surface area contributed by atoms with E-state index in [9.17, 15) is 4.39 Å². The molecule has 0 fully saturated rings. The van der Waals surface area contributed by atoms with Crippen LogP contribution in [0.15, 0.2) is 18.2 Å². The first kappa shape index (κ1) is 17.6. The summed E-state index contributed by atoms with van der Waals surface area (Å²) in [5.41, 5.74) is 1.61. The van der Waals surface area contributed by atoms with Crippen molar-refractivity contribution in [2.45, 2.75) is 32.7 Å². The molecule has 0 bridgehead atoms. The Balaban J connectivity index is 2.86. The molecule has 0 saturated heterocycles. The van der Waals surface area contributed by atoms with Crippen molar-refractivity contribution in [2.75, 3.05) is 26.3 Å². The zero-order valence-corrected chi connectivity index (χ0v) is 12.6. The van der Waals surface area contributed by atoms with Crippen LogP contribution in [-0.2, 0) is 6.54 Å². The minimum absolute atomic E-state index is 0.00475. The van der Waals surface area contributed by atoms with Crippen molar-refractivity contribution >= 4 is 0 Å². The molecule has 0 radical (unpaired) electrons. The third-order valence-electron chi connectivity index (χ3n) is 3.17. The van der Waals surface area contributed by atoms with Crippen molar-refractivity contribution in [2.24, 2.45) is 0 Å². The van der Waals surface area contributed by atoms with Crippen LogP contribution >= 0.6 is 0 Å². The Morgan fingerprint density at radius 3 is 2.67 bits per heavy atom. The van der Waals surface area contributed by atoms with Gasteiger partial charge in [0.25, 0.3) is 0 Å². The van der Waals surface area contributed by atoms with Gasteiger partial charge >= 0.3 is 0 Å². The largest absolute Gasteiger partial charge is 0.395 e. The number of hydrogen-bond acceptors (Lipinski definition) is 3. The highest BCUT2D eigenvalue weighted by molar-refractivity contribution is 5.41. The van der Waals surface area contributed by atoms with Crippen LogP contribution in [0, 0.1) is 17.7 Å². The number of hydrogen-bond donors (Lipinski definition) is 2. The predicted octanol–water partition coefficient (Wildman–Crippen LogP) is 2.15. The van der Waals surface area contributed by atoms with Crippen molar-refractivity contribution in [3.63, 3.8) is 0 Å². The predicted molar refractivity (Wildman–Crippen MR) is 82.3 cm³/mol. The summed E-state index contributed by atoms with van der Waals surface area (Å²) in [6.45, 7) is 4.38. The molecule has 0 aliphatic rings. The van der Waals surface area contributed by atoms with Crippen LogP contribution in [0.4, 0.5) is 4.39 Å². The fourth-order valence-corrected chi connectivity index (χ4v) is 2.05. The normalized spacial score (nSPS) is 10.5. The van der Waals surface area contributed by atoms with Crippen molar-refractivity contribution in [1.82, 2.24) is 4.90 Å². The van der Waals surface area contributed by atoms with Gasteiger partial charge in [-0.25, -0.2) is 4.39 Å². The maximum Gasteiger partial charge on any atom is 0.124 e. The van der Waals surface area contributed by atoms with E-state index in [1.165, 1.54) is 12.1 Å². The lowest BCUT2D eigenvalue weighted by Gasteiger charge is -2.21. The molecule has 0 heterocycles. The molecule has 21 heavy (non-hydrogen) atoms. The maximum absolute atomic E-state index is 13.4. The van der Waals surface area contributed by atoms with Crippen molar-refractivity contribution in [3.05, 3.63) is 35.1 Å². The molecule has 116 valence electrons. The van der Waals surface area contributed by atoms with E-state index in [-0.39, 0.29) is 19.0 Å². The first-order chi connectivity index (χ1) is 10.2. The summed E-state index contributed by atoms with van der Waals surface area (Å²) in [7, 11) is 0. The third-order valence-corrected chi connectivity index (χ3v) is 3.17. The highest BCUT2D eigenvalue weighted by Gasteiger charge is 2.08. The highest BCUT2D eigenvalue weighted by Crippen LogP contribution is 2.13. The first-order valence-electron chi connectivity index (χ1n) is 7.42. The Morgan fingerprint density at radius 2 is 2.00 bits per heavy atom. The number of rotatable bonds is 8. The topological polar surface area (TPSA) is 43.7 Å². The van der Waals surface area contributed by atoms with Crippen molar-refractivity contribution in [3.8, 4) is 11.8 Å². The molecule has 3 nitrogen and oxygen atoms in total. The van der Waals surface area contributed by atoms with Crippen LogP contribution in [0.3, 0.4) is 0 Å². The van der Waals surface area contributed by atoms with E-state index in [0.29, 0.717) is 25.1 Å². The van der Waals surface area contributed by atoms with Crippen LogP contribution in [0.2, 0.25) is 0 Å². The summed E-state index contributed by atoms with van der Waals surface area (Å²) in [5.74, 6) is 5.44. The molecule has 0 atom stereocenters. The monoisotopic (exact) mass is 293 g/mol. The van der Waals surface area contributed by atoms with Crippen LogP contribution in [0.5, 0.6) is 0 Å². The van der Waals surface area contributed by atoms with Gasteiger partial charge in [-0.1, -0.05) is 31.3 Å². The smallest absolute Gasteiger partial charge is 0.124 e. The second kappa shape index (κ2) is 10.3. The van der Waals surface area contributed by atoms with Gasteiger partial charge in [0, 0.05) is 25.1 Å². The molecule has 0 unspecified atom stereocenters. The lowest BCUT2D eigenvalue weighted by molar-refractivity contribution is 0.188. The molecule has 0 aliphatic carbocycles. The van der Waals surface area contributed by atoms with E-state index < -0.39 is 0 Å². The standard InChI is InChI=1S/C17H24FNO2/c1-2-3-9-19(10-12-21)14-16-7-8-17(18)13-15(16)6-4-5-11-20/h7-8,13,20-21H,2-3,5,9-12,14H2,1H3. The number of halogens is 1. The second-order valence-electron chi connectivity index (χ2n) is 4.93. The van der Waals surface area contributed by atoms with E-state index in [1.54, 1.807) is 6.07 Å². The zero-order valence-electron chi connectivity index (χ0n) is 12.6. The number of aliphatic hydroxyl groups is 2. The van der Waals surface area contributed by atoms with Gasteiger partial charge in [-0.15, -0.1) is 0 Å². The minimum Gasteiger partial charge on any atom is -0.395 e. The van der Waals surface area contributed by atoms with Gasteiger partial charge < -0.3 is 10.2 Å². The Kier molecular flexibility index (Phi) is 8.68. The van der Waals surface area contributed by atoms with Gasteiger partial charge in [0.1, 0.15) is 5.82 Å². The molecule has 0 aromatic heterocycles. The quantitative estimate of drug-likeness (QED) is 0.722. The lowest BCUT2D eigenvalue weighted by atomic mass is 10.1. The molecular formula is C17H24FNO2. The Morgan fingerprint density at radius 1 is 1.19 bits per heavy atom. The van der Waals surface area contributed by atoms with E-state index in [2.05, 4.69) is 23.7 Å². The summed E-state index contributed by atoms with van der Waals surface area (Å²) < 4.78 is 13.4. The molecule has 1 rings (SSSR count). The van der Waals surface area contributed by atoms with Crippen molar-refractivity contribution in [1.29, 1.82) is 0 Å². The lowest BCUT2D eigenvalue weighted by Crippen LogP contribution is -2.28. The number of benzene rings is 1. The molecule has 0 spiro atoms. The van der Waals surface area contributed by atoms with Gasteiger partial charge in [0.2, 0.25) is 0 Å². The summed E-state index contributed by atoms with van der Waals surface area (Å²) in [5, 5.41) is 17.9. The van der Waals surface area contributed by atoms with E-state index >= 15 is 0 Å². The summed E-state index contributed by atoms with van der Waals surface area (Å²) in [6, 6.07) is 4.61. The van der Waals surface area contributed by atoms with Gasteiger partial charge in [0.05, 0.1) is 13.2 Å². The number of aliphatic hydroxyl groups excluding tert-OH is 2. The van der Waals surface area contributed by atoms with Crippen molar-refractivity contribution < 1.29 is 14.6 Å². The van der Waals surface area contributed by atoms with E-state index in [0.717, 1.165) is 24.9 Å². The molecule has 2 N–H and O–H groups in total. The van der Waals surface area contributed by atoms with Gasteiger partial charge in [-0.05, 0) is 30.7 Å². The van der Waals surface area contributed by atoms with Crippen LogP contribution in [0.25, 0.3) is 0 Å². The van der Waals surface area contributed by atoms with Gasteiger partial charge in [-0.2, -0.15) is 0 Å². The number of nitrogens with zero attached hydrogens (tertiary/aromatic N) is 1. The highest BCUT2D eigenvalue weighted by atomic mass is 19.1. The summed E-state index contributed by atoms with van der Waals surface area (Å²) in [6.07, 6.45) is 2.54. The molecule has 0 aliphatic heterocycles. The Bertz CT molecular complexity index is 479. The maximum atomic E-state index is 13.4. The third kappa shape index (κ3) is 6.72. The van der Waals surface area contributed by atoms with Gasteiger partial charge in [-0.3, -0.25) is 4.90 Å². The van der Waals surface area contributed by atoms with Crippen LogP contribution in [-0.4, -0.2) is 41.4 Å². The number of unbranched alkanes of at least 4 members (excludes halogenated alkanes) is 1. The molecular weight excluding hydrogens is 269 g/mol. The van der Waals surface area contributed by atoms with Crippen LogP contribution in [0.1, 0.15) is 37.3 Å². The average molecular weight is 293 g/mol. The molecule has 4 heteroatoms. The minimum atomic E-state index is -0.311. The molecule has 0 amide bonds. The van der Waals surface area contributed by atoms with Crippen LogP contribution < -0.4 is 0 Å². The van der Waals surface area contributed by atoms with Gasteiger partial charge in [0.15, 0.2) is 0 Å². The summed E-state index contributed by atoms with van der Waals surface area (Å²) >= 11 is 0. The fourth-order valence-electron chi connectivity index (χ4n) is 2.05. The SMILES string of the molecule is CCCCN(CCO)Cc1ccc(F)cc1C#CCCO. The first-order valence-corrected chi connectivity index (χ1v) is 7.42. The van der Waals surface area contributed by atoms with E-state index in [4.69, 9.17) is 10.2 Å². The zero-order chi connectivity index (χ0) is 15.5. The Hall–Kier alpha value is -1.41. The fraction of sp³-hybridized carbons (Fsp3) is 0.529. The average Bonchev–Trinajstić information content (AvgIpc) is 2.47. The summed E-state index contributed by atoms with van der Waals surface area (Å²) in [4.78, 5) is 2.15. The van der Waals surface area contributed by atoms with E-state index in [1.807, 2.05) is 0 Å². The molecule has 0 saturated carbocycles. The molecule has 1 aromatic rings. The Labute approximate surface area is 126 Å². The molecule has 1 aromatic carbocycles.